The summed E-state index contributed by atoms with van der Waals surface area (Å²) in [5.41, 5.74) is -1.08. The Bertz CT molecular complexity index is 2450. The number of hydrogen-bond acceptors (Lipinski definition) is 14. The first-order valence-corrected chi connectivity index (χ1v) is 31.6. The van der Waals surface area contributed by atoms with Crippen molar-refractivity contribution in [2.75, 3.05) is 63.1 Å². The van der Waals surface area contributed by atoms with E-state index in [1.165, 1.54) is 89.9 Å². The van der Waals surface area contributed by atoms with Crippen LogP contribution in [-0.4, -0.2) is 251 Å². The minimum atomic E-state index is -1.68. The Hall–Kier alpha value is -6.21. The van der Waals surface area contributed by atoms with E-state index in [4.69, 9.17) is 4.74 Å². The highest BCUT2D eigenvalue weighted by molar-refractivity contribution is 6.00. The first kappa shape index (κ1) is 80.8. The number of likely N-dealkylation sites (N-methyl/N-ethyl adjacent to an activating group) is 7. The molecule has 6 N–H and O–H groups in total. The first-order chi connectivity index (χ1) is 41.0. The highest BCUT2D eigenvalue weighted by Crippen LogP contribution is 2.27. The maximum absolute atomic E-state index is 15.2. The Balaban J connectivity index is 4.47. The van der Waals surface area contributed by atoms with Crippen LogP contribution in [0.25, 0.3) is 0 Å². The predicted molar refractivity (Wildman–Crippen MR) is 341 cm³/mol. The molecule has 0 bridgehead atoms. The minimum absolute atomic E-state index is 0.0815. The molecule has 1 fully saturated rings. The van der Waals surface area contributed by atoms with E-state index >= 15 is 9.59 Å². The van der Waals surface area contributed by atoms with E-state index in [-0.39, 0.29) is 56.3 Å². The van der Waals surface area contributed by atoms with Gasteiger partial charge in [-0.15, -0.1) is 0 Å². The number of aliphatic hydroxyl groups excluding tert-OH is 2. The second-order valence-electron chi connectivity index (χ2n) is 27.0. The van der Waals surface area contributed by atoms with Gasteiger partial charge in [-0.3, -0.25) is 52.7 Å². The van der Waals surface area contributed by atoms with E-state index in [9.17, 15) is 53.4 Å². The summed E-state index contributed by atoms with van der Waals surface area (Å²) >= 11 is 0. The number of hydrogen-bond donors (Lipinski definition) is 6. The van der Waals surface area contributed by atoms with Crippen molar-refractivity contribution in [3.05, 3.63) is 12.2 Å². The van der Waals surface area contributed by atoms with Crippen LogP contribution in [0.3, 0.4) is 0 Å². The lowest BCUT2D eigenvalue weighted by Gasteiger charge is -2.41. The van der Waals surface area contributed by atoms with Crippen molar-refractivity contribution in [3.8, 4) is 0 Å². The number of nitrogens with one attached hydrogen (secondary N) is 4. The number of carbonyl (C=O) groups is 11. The van der Waals surface area contributed by atoms with Gasteiger partial charge in [-0.1, -0.05) is 95.2 Å². The van der Waals surface area contributed by atoms with Crippen molar-refractivity contribution in [1.82, 2.24) is 55.6 Å². The van der Waals surface area contributed by atoms with Gasteiger partial charge >= 0.3 is 0 Å². The predicted octanol–water partition coefficient (Wildman–Crippen LogP) is 2.40. The van der Waals surface area contributed by atoms with Crippen molar-refractivity contribution in [3.63, 3.8) is 0 Å². The van der Waals surface area contributed by atoms with Gasteiger partial charge in [0, 0.05) is 62.9 Å². The number of carbonyl (C=O) groups excluding carboxylic acids is 11. The zero-order valence-corrected chi connectivity index (χ0v) is 58.4. The van der Waals surface area contributed by atoms with Crippen LogP contribution >= 0.6 is 0 Å². The Morgan fingerprint density at radius 3 is 1.36 bits per heavy atom. The zero-order valence-electron chi connectivity index (χ0n) is 58.4. The third kappa shape index (κ3) is 22.0. The van der Waals surface area contributed by atoms with Crippen LogP contribution in [0, 0.1) is 35.5 Å². The van der Waals surface area contributed by atoms with Crippen molar-refractivity contribution in [1.29, 1.82) is 0 Å². The second-order valence-corrected chi connectivity index (χ2v) is 27.0. The van der Waals surface area contributed by atoms with Gasteiger partial charge in [0.25, 0.3) is 0 Å². The Kier molecular flexibility index (Phi) is 32.7. The third-order valence-corrected chi connectivity index (χ3v) is 17.1. The van der Waals surface area contributed by atoms with Crippen LogP contribution in [0.15, 0.2) is 12.2 Å². The lowest BCUT2D eigenvalue weighted by molar-refractivity contribution is -0.157. The van der Waals surface area contributed by atoms with E-state index in [0.29, 0.717) is 0 Å². The lowest BCUT2D eigenvalue weighted by Crippen LogP contribution is -2.64. The lowest BCUT2D eigenvalue weighted by atomic mass is 9.91. The molecule has 0 aromatic heterocycles. The van der Waals surface area contributed by atoms with Crippen LogP contribution in [0.5, 0.6) is 0 Å². The fourth-order valence-corrected chi connectivity index (χ4v) is 11.1. The van der Waals surface area contributed by atoms with Gasteiger partial charge in [0.15, 0.2) is 0 Å². The molecule has 25 heteroatoms. The number of allylic oxidation sites excluding steroid dienone is 2. The minimum Gasteiger partial charge on any atom is -0.394 e. The normalized spacial score (nSPS) is 27.2. The average Bonchev–Trinajstić information content (AvgIpc) is 1.47. The quantitative estimate of drug-likeness (QED) is 0.114. The summed E-state index contributed by atoms with van der Waals surface area (Å²) in [6, 6.07) is -14.8. The van der Waals surface area contributed by atoms with Crippen molar-refractivity contribution < 1.29 is 67.7 Å². The van der Waals surface area contributed by atoms with Crippen LogP contribution in [0.4, 0.5) is 0 Å². The third-order valence-electron chi connectivity index (χ3n) is 17.1. The molecule has 0 radical (unpaired) electrons. The summed E-state index contributed by atoms with van der Waals surface area (Å²) < 4.78 is 5.71. The van der Waals surface area contributed by atoms with Crippen molar-refractivity contribution in [2.24, 2.45) is 35.5 Å². The topological polar surface area (TPSA) is 308 Å². The smallest absolute Gasteiger partial charge is 0.248 e. The number of amides is 11. The van der Waals surface area contributed by atoms with Gasteiger partial charge in [0.1, 0.15) is 66.5 Å². The molecule has 0 saturated carbocycles. The van der Waals surface area contributed by atoms with E-state index in [2.05, 4.69) is 21.3 Å². The van der Waals surface area contributed by atoms with Crippen molar-refractivity contribution in [2.45, 2.75) is 234 Å². The largest absolute Gasteiger partial charge is 0.394 e. The fraction of sp³-hybridized carbons (Fsp3) is 0.797. The molecule has 25 nitrogen and oxygen atoms in total. The molecule has 1 saturated heterocycles. The van der Waals surface area contributed by atoms with Gasteiger partial charge in [0.2, 0.25) is 65.0 Å². The van der Waals surface area contributed by atoms with Gasteiger partial charge in [0.05, 0.1) is 18.3 Å². The molecule has 0 unspecified atom stereocenters. The number of methoxy groups -OCH3 is 1. The van der Waals surface area contributed by atoms with E-state index in [0.717, 1.165) is 14.7 Å². The maximum Gasteiger partial charge on any atom is 0.248 e. The molecular weight excluding hydrogens is 1150 g/mol. The van der Waals surface area contributed by atoms with Crippen LogP contribution in [0.2, 0.25) is 0 Å². The number of rotatable bonds is 17. The highest BCUT2D eigenvalue weighted by Gasteiger charge is 2.47. The molecule has 1 aliphatic heterocycles. The maximum atomic E-state index is 15.2. The van der Waals surface area contributed by atoms with E-state index in [1.807, 2.05) is 41.5 Å². The molecular formula is C64H115N11O14. The summed E-state index contributed by atoms with van der Waals surface area (Å²) in [5, 5.41) is 34.0. The Morgan fingerprint density at radius 2 is 0.910 bits per heavy atom. The van der Waals surface area contributed by atoms with Crippen LogP contribution in [0.1, 0.15) is 156 Å². The SMILES string of the molecule is CC=CC[C@@H](C)[C@@H](O)[C@H]1C(=O)N[C@@H](CC)C(=O)N(C)[C@H](CO)C(=O)N(C)[C@@H](CC(C)(C)OC)C(=O)N[C@@H](C(C)C)C(=O)N(C)[C@@H](CC(C)C)C(=O)N[C@@H](C)C(=O)N[C@H](C)C(=O)N(C)[C@@H](CC(C)C)C(=O)N(C)[C@@H](CC(C)C)C(=O)N(C)[C@@H](C(C)C)C(=O)N1C. The van der Waals surface area contributed by atoms with E-state index < -0.39 is 168 Å². The van der Waals surface area contributed by atoms with Crippen LogP contribution < -0.4 is 21.3 Å². The molecule has 0 spiro atoms. The van der Waals surface area contributed by atoms with Gasteiger partial charge in [-0.05, 0) is 102 Å². The van der Waals surface area contributed by atoms with Gasteiger partial charge in [-0.25, -0.2) is 0 Å². The summed E-state index contributed by atoms with van der Waals surface area (Å²) in [7, 11) is 11.0. The molecule has 1 aliphatic rings. The number of ether oxygens (including phenoxy) is 1. The second kappa shape index (κ2) is 36.0. The molecule has 1 heterocycles. The molecule has 0 aromatic carbocycles. The number of nitrogens with zero attached hydrogens (tertiary/aromatic N) is 7. The summed E-state index contributed by atoms with van der Waals surface area (Å²) in [5.74, 6) is -10.7. The molecule has 0 aromatic rings. The number of aliphatic hydroxyl groups is 2. The standard InChI is InChI=1S/C64H115N11O14/c1-26-28-29-40(13)52(77)51-56(81)67-43(27-2)58(83)73(22)48(34-76)61(86)72(21)47(33-64(16,17)89-25)55(80)68-49(38(9)10)62(87)69(18)44(30-35(3)4)54(79)65-41(14)53(78)66-42(15)57(82)70(19)45(31-36(5)6)59(84)71(20)46(32-37(7)8)60(85)74(23)50(39(11)12)63(88)75(51)24/h26,28,35-52,76-77H,27,29-34H2,1-25H3,(H,65,79)(H,66,78)(H,67,81)(H,68,80)/t40-,41+,42-,43+,44+,45+,46+,47+,48-,49+,50+,51+,52-/m1/s1. The molecule has 1 rings (SSSR count). The molecule has 0 aliphatic carbocycles. The molecule has 89 heavy (non-hydrogen) atoms. The highest BCUT2D eigenvalue weighted by atomic mass is 16.5. The first-order valence-electron chi connectivity index (χ1n) is 31.6. The molecule has 13 atom stereocenters. The van der Waals surface area contributed by atoms with Crippen molar-refractivity contribution >= 4 is 65.0 Å². The van der Waals surface area contributed by atoms with Crippen LogP contribution in [-0.2, 0) is 57.5 Å². The summed E-state index contributed by atoms with van der Waals surface area (Å²) in [6.07, 6.45) is 2.39. The van der Waals surface area contributed by atoms with Gasteiger partial charge < -0.3 is 70.5 Å². The molecule has 11 amide bonds. The average molecular weight is 1260 g/mol. The Morgan fingerprint density at radius 1 is 0.494 bits per heavy atom. The van der Waals surface area contributed by atoms with Gasteiger partial charge in [-0.2, -0.15) is 0 Å². The summed E-state index contributed by atoms with van der Waals surface area (Å²) in [6.45, 7) is 28.2. The molecule has 510 valence electrons. The monoisotopic (exact) mass is 1260 g/mol. The fourth-order valence-electron chi connectivity index (χ4n) is 11.1. The zero-order chi connectivity index (χ0) is 69.2. The summed E-state index contributed by atoms with van der Waals surface area (Å²) in [4.78, 5) is 170. The van der Waals surface area contributed by atoms with E-state index in [1.54, 1.807) is 74.5 Å². The Labute approximate surface area is 531 Å².